The summed E-state index contributed by atoms with van der Waals surface area (Å²) in [6.45, 7) is 0.292. The lowest BCUT2D eigenvalue weighted by atomic mass is 10.1. The van der Waals surface area contributed by atoms with Gasteiger partial charge in [-0.15, -0.1) is 5.10 Å². The number of methoxy groups -OCH3 is 2. The van der Waals surface area contributed by atoms with Crippen LogP contribution in [-0.2, 0) is 9.59 Å². The van der Waals surface area contributed by atoms with Crippen molar-refractivity contribution in [2.75, 3.05) is 31.0 Å². The van der Waals surface area contributed by atoms with Crippen molar-refractivity contribution in [3.05, 3.63) is 48.5 Å². The number of amides is 2. The van der Waals surface area contributed by atoms with Gasteiger partial charge < -0.3 is 14.4 Å². The lowest BCUT2D eigenvalue weighted by Gasteiger charge is -2.16. The van der Waals surface area contributed by atoms with Crippen molar-refractivity contribution >= 4 is 23.5 Å². The minimum Gasteiger partial charge on any atom is -0.497 e. The van der Waals surface area contributed by atoms with Gasteiger partial charge >= 0.3 is 0 Å². The fourth-order valence-corrected chi connectivity index (χ4v) is 3.39. The second kappa shape index (κ2) is 8.24. The van der Waals surface area contributed by atoms with E-state index in [9.17, 15) is 9.59 Å². The standard InChI is InChI=1S/C21H21N5O4/c1-29-15-9-7-14(8-10-15)26-12-13(11-18(26)27)20(28)23-21-22-19(24-25-21)16-5-3-4-6-17(16)30-2/h3-10,13H,11-12H2,1-2H3,(H2,22,23,24,25,28)/t13-/m0/s1. The number of aromatic nitrogens is 3. The Morgan fingerprint density at radius 2 is 1.90 bits per heavy atom. The number of para-hydroxylation sites is 1. The molecule has 154 valence electrons. The van der Waals surface area contributed by atoms with Gasteiger partial charge in [-0.3, -0.25) is 20.0 Å². The van der Waals surface area contributed by atoms with Crippen molar-refractivity contribution < 1.29 is 19.1 Å². The molecule has 2 N–H and O–H groups in total. The molecule has 1 aliphatic rings. The zero-order valence-corrected chi connectivity index (χ0v) is 16.6. The van der Waals surface area contributed by atoms with Crippen LogP contribution in [-0.4, -0.2) is 47.8 Å². The first-order valence-electron chi connectivity index (χ1n) is 9.40. The molecule has 30 heavy (non-hydrogen) atoms. The molecule has 1 atom stereocenters. The van der Waals surface area contributed by atoms with Gasteiger partial charge in [-0.2, -0.15) is 4.98 Å². The highest BCUT2D eigenvalue weighted by molar-refractivity contribution is 6.03. The van der Waals surface area contributed by atoms with Crippen LogP contribution in [0.15, 0.2) is 48.5 Å². The number of ether oxygens (including phenoxy) is 2. The van der Waals surface area contributed by atoms with Gasteiger partial charge in [0.15, 0.2) is 5.82 Å². The summed E-state index contributed by atoms with van der Waals surface area (Å²) >= 11 is 0. The zero-order chi connectivity index (χ0) is 21.1. The first-order chi connectivity index (χ1) is 14.6. The fraction of sp³-hybridized carbons (Fsp3) is 0.238. The minimum atomic E-state index is -0.493. The highest BCUT2D eigenvalue weighted by Crippen LogP contribution is 2.29. The maximum absolute atomic E-state index is 12.7. The molecule has 9 heteroatoms. The number of nitrogens with zero attached hydrogens (tertiary/aromatic N) is 3. The fourth-order valence-electron chi connectivity index (χ4n) is 3.39. The first-order valence-corrected chi connectivity index (χ1v) is 9.40. The molecule has 2 amide bonds. The third-order valence-electron chi connectivity index (χ3n) is 4.96. The molecule has 0 aliphatic carbocycles. The van der Waals surface area contributed by atoms with E-state index in [4.69, 9.17) is 9.47 Å². The minimum absolute atomic E-state index is 0.106. The molecular formula is C21H21N5O4. The van der Waals surface area contributed by atoms with E-state index in [1.54, 1.807) is 43.4 Å². The topological polar surface area (TPSA) is 109 Å². The molecule has 0 spiro atoms. The number of nitrogens with one attached hydrogen (secondary N) is 2. The highest BCUT2D eigenvalue weighted by Gasteiger charge is 2.35. The van der Waals surface area contributed by atoms with E-state index in [1.807, 2.05) is 24.3 Å². The summed E-state index contributed by atoms with van der Waals surface area (Å²) in [6, 6.07) is 14.5. The summed E-state index contributed by atoms with van der Waals surface area (Å²) in [7, 11) is 3.16. The van der Waals surface area contributed by atoms with E-state index in [1.165, 1.54) is 0 Å². The van der Waals surface area contributed by atoms with Crippen molar-refractivity contribution in [3.8, 4) is 22.9 Å². The number of carbonyl (C=O) groups excluding carboxylic acids is 2. The number of hydrogen-bond acceptors (Lipinski definition) is 6. The summed E-state index contributed by atoms with van der Waals surface area (Å²) < 4.78 is 10.5. The van der Waals surface area contributed by atoms with Crippen LogP contribution in [0.4, 0.5) is 11.6 Å². The van der Waals surface area contributed by atoms with Crippen molar-refractivity contribution in [1.82, 2.24) is 15.2 Å². The molecule has 4 rings (SSSR count). The van der Waals surface area contributed by atoms with Gasteiger partial charge in [0.2, 0.25) is 17.8 Å². The van der Waals surface area contributed by atoms with Crippen molar-refractivity contribution in [2.45, 2.75) is 6.42 Å². The number of benzene rings is 2. The van der Waals surface area contributed by atoms with Crippen LogP contribution in [0.3, 0.4) is 0 Å². The van der Waals surface area contributed by atoms with Crippen LogP contribution in [0.1, 0.15) is 6.42 Å². The molecule has 1 aromatic heterocycles. The molecule has 2 aromatic carbocycles. The van der Waals surface area contributed by atoms with Crippen LogP contribution in [0, 0.1) is 5.92 Å². The van der Waals surface area contributed by atoms with E-state index >= 15 is 0 Å². The van der Waals surface area contributed by atoms with Crippen LogP contribution in [0.2, 0.25) is 0 Å². The molecule has 9 nitrogen and oxygen atoms in total. The van der Waals surface area contributed by atoms with E-state index in [0.29, 0.717) is 23.9 Å². The van der Waals surface area contributed by atoms with Crippen LogP contribution in [0.5, 0.6) is 11.5 Å². The molecule has 1 fully saturated rings. The second-order valence-electron chi connectivity index (χ2n) is 6.80. The van der Waals surface area contributed by atoms with Crippen LogP contribution in [0.25, 0.3) is 11.4 Å². The predicted octanol–water partition coefficient (Wildman–Crippen LogP) is 2.48. The molecule has 0 radical (unpaired) electrons. The van der Waals surface area contributed by atoms with E-state index in [2.05, 4.69) is 20.5 Å². The Morgan fingerprint density at radius 3 is 2.63 bits per heavy atom. The molecule has 0 unspecified atom stereocenters. The van der Waals surface area contributed by atoms with E-state index in [0.717, 1.165) is 11.3 Å². The quantitative estimate of drug-likeness (QED) is 0.650. The van der Waals surface area contributed by atoms with Crippen LogP contribution >= 0.6 is 0 Å². The second-order valence-corrected chi connectivity index (χ2v) is 6.80. The molecule has 0 bridgehead atoms. The maximum Gasteiger partial charge on any atom is 0.249 e. The summed E-state index contributed by atoms with van der Waals surface area (Å²) in [5.41, 5.74) is 1.46. The Hall–Kier alpha value is -3.88. The predicted molar refractivity (Wildman–Crippen MR) is 110 cm³/mol. The monoisotopic (exact) mass is 407 g/mol. The number of anilines is 2. The summed E-state index contributed by atoms with van der Waals surface area (Å²) in [5, 5.41) is 9.55. The van der Waals surface area contributed by atoms with Crippen molar-refractivity contribution in [2.24, 2.45) is 5.92 Å². The largest absolute Gasteiger partial charge is 0.497 e. The molecule has 1 aliphatic heterocycles. The Morgan fingerprint density at radius 1 is 1.13 bits per heavy atom. The third-order valence-corrected chi connectivity index (χ3v) is 4.96. The number of H-pyrrole nitrogens is 1. The average Bonchev–Trinajstić information content (AvgIpc) is 3.40. The lowest BCUT2D eigenvalue weighted by Crippen LogP contribution is -2.28. The Balaban J connectivity index is 1.43. The molecule has 1 saturated heterocycles. The molecule has 2 heterocycles. The number of carbonyl (C=O) groups is 2. The number of hydrogen-bond donors (Lipinski definition) is 2. The van der Waals surface area contributed by atoms with Crippen molar-refractivity contribution in [1.29, 1.82) is 0 Å². The SMILES string of the molecule is COc1ccc(N2C[C@@H](C(=O)Nc3n[nH]c(-c4ccccc4OC)n3)CC2=O)cc1. The highest BCUT2D eigenvalue weighted by atomic mass is 16.5. The molecular weight excluding hydrogens is 386 g/mol. The third kappa shape index (κ3) is 3.82. The summed E-state index contributed by atoms with van der Waals surface area (Å²) in [6.07, 6.45) is 0.127. The number of rotatable bonds is 6. The average molecular weight is 407 g/mol. The first kappa shape index (κ1) is 19.4. The van der Waals surface area contributed by atoms with Gasteiger partial charge in [0.05, 0.1) is 25.7 Å². The van der Waals surface area contributed by atoms with Crippen LogP contribution < -0.4 is 19.7 Å². The maximum atomic E-state index is 12.7. The van der Waals surface area contributed by atoms with Gasteiger partial charge in [-0.1, -0.05) is 12.1 Å². The zero-order valence-electron chi connectivity index (χ0n) is 16.6. The van der Waals surface area contributed by atoms with E-state index in [-0.39, 0.29) is 24.2 Å². The van der Waals surface area contributed by atoms with Gasteiger partial charge in [-0.05, 0) is 36.4 Å². The molecule has 0 saturated carbocycles. The summed E-state index contributed by atoms with van der Waals surface area (Å²) in [5.74, 6) is 1.07. The van der Waals surface area contributed by atoms with E-state index < -0.39 is 5.92 Å². The van der Waals surface area contributed by atoms with Gasteiger partial charge in [0, 0.05) is 18.7 Å². The van der Waals surface area contributed by atoms with Gasteiger partial charge in [0.25, 0.3) is 0 Å². The normalized spacial score (nSPS) is 15.9. The van der Waals surface area contributed by atoms with Gasteiger partial charge in [0.1, 0.15) is 11.5 Å². The van der Waals surface area contributed by atoms with Crippen molar-refractivity contribution in [3.63, 3.8) is 0 Å². The number of aromatic amines is 1. The molecule has 3 aromatic rings. The lowest BCUT2D eigenvalue weighted by molar-refractivity contribution is -0.122. The Bertz CT molecular complexity index is 1060. The smallest absolute Gasteiger partial charge is 0.249 e. The Kier molecular flexibility index (Phi) is 5.34. The van der Waals surface area contributed by atoms with Gasteiger partial charge in [-0.25, -0.2) is 0 Å². The Labute approximate surface area is 173 Å². The summed E-state index contributed by atoms with van der Waals surface area (Å²) in [4.78, 5) is 31.0.